The first-order valence-corrected chi connectivity index (χ1v) is 5.69. The van der Waals surface area contributed by atoms with Gasteiger partial charge in [-0.1, -0.05) is 0 Å². The second-order valence-corrected chi connectivity index (χ2v) is 4.20. The second kappa shape index (κ2) is 4.13. The Labute approximate surface area is 108 Å². The fourth-order valence-electron chi connectivity index (χ4n) is 1.89. The first-order chi connectivity index (χ1) is 9.13. The summed E-state index contributed by atoms with van der Waals surface area (Å²) in [6, 6.07) is 10.6. The number of furan rings is 1. The lowest BCUT2D eigenvalue weighted by atomic mass is 10.2. The number of primary amides is 1. The van der Waals surface area contributed by atoms with Crippen LogP contribution in [0.5, 0.6) is 0 Å². The molecule has 0 spiro atoms. The number of hydrogen-bond acceptors (Lipinski definition) is 4. The normalized spacial score (nSPS) is 10.7. The summed E-state index contributed by atoms with van der Waals surface area (Å²) in [5.74, 6) is 0.119. The molecule has 0 saturated carbocycles. The first-order valence-electron chi connectivity index (χ1n) is 5.69. The summed E-state index contributed by atoms with van der Waals surface area (Å²) in [5, 5.41) is 0.925. The summed E-state index contributed by atoms with van der Waals surface area (Å²) in [7, 11) is 0. The van der Waals surface area contributed by atoms with Crippen molar-refractivity contribution in [3.63, 3.8) is 0 Å². The van der Waals surface area contributed by atoms with Crippen LogP contribution < -0.4 is 11.5 Å². The van der Waals surface area contributed by atoms with Crippen molar-refractivity contribution in [3.8, 4) is 11.3 Å². The molecule has 1 amide bonds. The second-order valence-electron chi connectivity index (χ2n) is 4.20. The highest BCUT2D eigenvalue weighted by atomic mass is 16.3. The van der Waals surface area contributed by atoms with Gasteiger partial charge < -0.3 is 15.9 Å². The molecular weight excluding hydrogens is 242 g/mol. The van der Waals surface area contributed by atoms with E-state index in [4.69, 9.17) is 15.9 Å². The summed E-state index contributed by atoms with van der Waals surface area (Å²) >= 11 is 0. The molecule has 0 atom stereocenters. The molecule has 4 N–H and O–H groups in total. The lowest BCUT2D eigenvalue weighted by Crippen LogP contribution is -2.12. The molecule has 19 heavy (non-hydrogen) atoms. The van der Waals surface area contributed by atoms with Crippen molar-refractivity contribution in [1.82, 2.24) is 4.98 Å². The zero-order valence-corrected chi connectivity index (χ0v) is 9.96. The van der Waals surface area contributed by atoms with Crippen LogP contribution in [0.1, 0.15) is 10.5 Å². The molecule has 0 aliphatic carbocycles. The number of aromatic nitrogens is 1. The van der Waals surface area contributed by atoms with Crippen LogP contribution in [0.3, 0.4) is 0 Å². The topological polar surface area (TPSA) is 95.1 Å². The van der Waals surface area contributed by atoms with Crippen LogP contribution in [0.15, 0.2) is 47.0 Å². The molecule has 3 rings (SSSR count). The van der Waals surface area contributed by atoms with E-state index in [2.05, 4.69) is 4.98 Å². The van der Waals surface area contributed by atoms with E-state index >= 15 is 0 Å². The van der Waals surface area contributed by atoms with Crippen LogP contribution >= 0.6 is 0 Å². The molecular formula is C14H11N3O2. The van der Waals surface area contributed by atoms with Crippen molar-refractivity contribution in [2.45, 2.75) is 0 Å². The van der Waals surface area contributed by atoms with Gasteiger partial charge in [0.1, 0.15) is 17.0 Å². The van der Waals surface area contributed by atoms with E-state index in [1.807, 2.05) is 18.2 Å². The average Bonchev–Trinajstić information content (AvgIpc) is 2.81. The molecule has 2 aromatic heterocycles. The predicted molar refractivity (Wildman–Crippen MR) is 72.4 cm³/mol. The van der Waals surface area contributed by atoms with Crippen molar-refractivity contribution >= 4 is 22.6 Å². The van der Waals surface area contributed by atoms with Gasteiger partial charge in [-0.15, -0.1) is 0 Å². The summed E-state index contributed by atoms with van der Waals surface area (Å²) in [6.07, 6.45) is 1.56. The van der Waals surface area contributed by atoms with Crippen LogP contribution in [0.4, 0.5) is 5.69 Å². The predicted octanol–water partition coefficient (Wildman–Crippen LogP) is 2.18. The van der Waals surface area contributed by atoms with Crippen molar-refractivity contribution in [3.05, 3.63) is 48.3 Å². The zero-order chi connectivity index (χ0) is 13.4. The zero-order valence-electron chi connectivity index (χ0n) is 9.96. The molecule has 0 bridgehead atoms. The molecule has 5 nitrogen and oxygen atoms in total. The molecule has 0 aliphatic rings. The molecule has 5 heteroatoms. The highest BCUT2D eigenvalue weighted by molar-refractivity contribution is 5.91. The standard InChI is InChI=1S/C14H11N3O2/c15-10-2-4-12-9(5-10)6-13(19-12)8-1-3-11(14(16)18)17-7-8/h1-7H,15H2,(H2,16,18). The van der Waals surface area contributed by atoms with E-state index in [0.717, 1.165) is 16.5 Å². The lowest BCUT2D eigenvalue weighted by Gasteiger charge is -1.97. The van der Waals surface area contributed by atoms with Crippen molar-refractivity contribution < 1.29 is 9.21 Å². The van der Waals surface area contributed by atoms with Crippen molar-refractivity contribution in [2.24, 2.45) is 5.73 Å². The van der Waals surface area contributed by atoms with Gasteiger partial charge in [0.05, 0.1) is 0 Å². The third kappa shape index (κ3) is 2.01. The van der Waals surface area contributed by atoms with Crippen LogP contribution in [-0.2, 0) is 0 Å². The van der Waals surface area contributed by atoms with Crippen molar-refractivity contribution in [2.75, 3.05) is 5.73 Å². The summed E-state index contributed by atoms with van der Waals surface area (Å²) in [6.45, 7) is 0. The summed E-state index contributed by atoms with van der Waals surface area (Å²) < 4.78 is 5.70. The molecule has 94 valence electrons. The van der Waals surface area contributed by atoms with Crippen molar-refractivity contribution in [1.29, 1.82) is 0 Å². The van der Waals surface area contributed by atoms with Crippen LogP contribution in [-0.4, -0.2) is 10.9 Å². The minimum absolute atomic E-state index is 0.226. The summed E-state index contributed by atoms with van der Waals surface area (Å²) in [4.78, 5) is 14.9. The van der Waals surface area contributed by atoms with Crippen LogP contribution in [0.2, 0.25) is 0 Å². The van der Waals surface area contributed by atoms with Crippen LogP contribution in [0, 0.1) is 0 Å². The molecule has 2 heterocycles. The van der Waals surface area contributed by atoms with Gasteiger partial charge in [-0.05, 0) is 36.4 Å². The molecule has 0 saturated heterocycles. The van der Waals surface area contributed by atoms with Gasteiger partial charge in [0.2, 0.25) is 0 Å². The number of carbonyl (C=O) groups excluding carboxylic acids is 1. The van der Waals surface area contributed by atoms with E-state index in [-0.39, 0.29) is 5.69 Å². The fraction of sp³-hybridized carbons (Fsp3) is 0. The van der Waals surface area contributed by atoms with E-state index in [0.29, 0.717) is 11.4 Å². The highest BCUT2D eigenvalue weighted by Gasteiger charge is 2.08. The molecule has 0 fully saturated rings. The smallest absolute Gasteiger partial charge is 0.267 e. The number of carbonyl (C=O) groups is 1. The van der Waals surface area contributed by atoms with Gasteiger partial charge in [0.25, 0.3) is 5.91 Å². The minimum Gasteiger partial charge on any atom is -0.456 e. The molecule has 0 unspecified atom stereocenters. The quantitative estimate of drug-likeness (QED) is 0.684. The number of pyridine rings is 1. The molecule has 0 aliphatic heterocycles. The number of fused-ring (bicyclic) bond motifs is 1. The average molecular weight is 253 g/mol. The Balaban J connectivity index is 2.06. The number of amides is 1. The Hall–Kier alpha value is -2.82. The molecule has 0 radical (unpaired) electrons. The Morgan fingerprint density at radius 3 is 2.68 bits per heavy atom. The lowest BCUT2D eigenvalue weighted by molar-refractivity contribution is 0.0995. The summed E-state index contributed by atoms with van der Waals surface area (Å²) in [5.41, 5.74) is 13.3. The van der Waals surface area contributed by atoms with Gasteiger partial charge in [-0.25, -0.2) is 0 Å². The fourth-order valence-corrected chi connectivity index (χ4v) is 1.89. The third-order valence-electron chi connectivity index (χ3n) is 2.84. The monoisotopic (exact) mass is 253 g/mol. The highest BCUT2D eigenvalue weighted by Crippen LogP contribution is 2.28. The SMILES string of the molecule is NC(=O)c1ccc(-c2cc3cc(N)ccc3o2)cn1. The van der Waals surface area contributed by atoms with Gasteiger partial charge in [0.15, 0.2) is 0 Å². The number of nitrogen functional groups attached to an aromatic ring is 1. The van der Waals surface area contributed by atoms with E-state index in [1.165, 1.54) is 0 Å². The van der Waals surface area contributed by atoms with E-state index < -0.39 is 5.91 Å². The van der Waals surface area contributed by atoms with Gasteiger partial charge in [-0.3, -0.25) is 9.78 Å². The Morgan fingerprint density at radius 2 is 2.00 bits per heavy atom. The van der Waals surface area contributed by atoms with Gasteiger partial charge in [0, 0.05) is 22.8 Å². The Morgan fingerprint density at radius 1 is 1.16 bits per heavy atom. The maximum absolute atomic E-state index is 10.9. The number of nitrogens with zero attached hydrogens (tertiary/aromatic N) is 1. The van der Waals surface area contributed by atoms with Gasteiger partial charge >= 0.3 is 0 Å². The van der Waals surface area contributed by atoms with Crippen LogP contribution in [0.25, 0.3) is 22.3 Å². The molecule has 1 aromatic carbocycles. The Kier molecular flexibility index (Phi) is 2.45. The van der Waals surface area contributed by atoms with Gasteiger partial charge in [-0.2, -0.15) is 0 Å². The maximum atomic E-state index is 10.9. The number of anilines is 1. The maximum Gasteiger partial charge on any atom is 0.267 e. The number of hydrogen-bond donors (Lipinski definition) is 2. The number of rotatable bonds is 2. The Bertz CT molecular complexity index is 760. The van der Waals surface area contributed by atoms with E-state index in [9.17, 15) is 4.79 Å². The first kappa shape index (κ1) is 11.3. The largest absolute Gasteiger partial charge is 0.456 e. The molecule has 3 aromatic rings. The minimum atomic E-state index is -0.552. The third-order valence-corrected chi connectivity index (χ3v) is 2.84. The number of nitrogens with two attached hydrogens (primary N) is 2. The van der Waals surface area contributed by atoms with E-state index in [1.54, 1.807) is 24.4 Å². The number of benzene rings is 1.